The van der Waals surface area contributed by atoms with Crippen molar-refractivity contribution in [2.24, 2.45) is 0 Å². The van der Waals surface area contributed by atoms with Gasteiger partial charge in [-0.3, -0.25) is 14.4 Å². The zero-order valence-corrected chi connectivity index (χ0v) is 17.7. The van der Waals surface area contributed by atoms with Crippen molar-refractivity contribution in [2.45, 2.75) is 33.1 Å². The summed E-state index contributed by atoms with van der Waals surface area (Å²) >= 11 is 11.7. The van der Waals surface area contributed by atoms with Gasteiger partial charge in [0.25, 0.3) is 5.91 Å². The van der Waals surface area contributed by atoms with Crippen LogP contribution in [0, 0.1) is 13.8 Å². The Balaban J connectivity index is 1.66. The van der Waals surface area contributed by atoms with Crippen LogP contribution in [0.25, 0.3) is 0 Å². The van der Waals surface area contributed by atoms with Gasteiger partial charge in [0.1, 0.15) is 0 Å². The molecule has 0 spiro atoms. The number of carbonyl (C=O) groups is 3. The number of hydrogen-bond acceptors (Lipinski definition) is 4. The molecule has 154 valence electrons. The van der Waals surface area contributed by atoms with E-state index in [1.807, 2.05) is 26.0 Å². The van der Waals surface area contributed by atoms with Gasteiger partial charge in [0.2, 0.25) is 5.91 Å². The molecule has 0 heterocycles. The maximum Gasteiger partial charge on any atom is 0.306 e. The monoisotopic (exact) mass is 436 g/mol. The molecule has 0 fully saturated rings. The Hall–Kier alpha value is -2.57. The van der Waals surface area contributed by atoms with E-state index < -0.39 is 11.9 Å². The van der Waals surface area contributed by atoms with Gasteiger partial charge in [0.05, 0.1) is 10.0 Å². The van der Waals surface area contributed by atoms with Crippen molar-refractivity contribution in [3.8, 4) is 0 Å². The van der Waals surface area contributed by atoms with Gasteiger partial charge in [-0.2, -0.15) is 0 Å². The Morgan fingerprint density at radius 3 is 2.34 bits per heavy atom. The normalized spacial score (nSPS) is 10.3. The topological polar surface area (TPSA) is 84.5 Å². The third kappa shape index (κ3) is 7.75. The summed E-state index contributed by atoms with van der Waals surface area (Å²) in [4.78, 5) is 35.6. The van der Waals surface area contributed by atoms with Gasteiger partial charge in [0.15, 0.2) is 6.61 Å². The van der Waals surface area contributed by atoms with Crippen LogP contribution < -0.4 is 10.6 Å². The Bertz CT molecular complexity index is 916. The van der Waals surface area contributed by atoms with Crippen molar-refractivity contribution in [2.75, 3.05) is 17.2 Å². The van der Waals surface area contributed by atoms with E-state index >= 15 is 0 Å². The summed E-state index contributed by atoms with van der Waals surface area (Å²) in [6.07, 6.45) is 0.459. The summed E-state index contributed by atoms with van der Waals surface area (Å²) < 4.78 is 4.95. The molecule has 0 bridgehead atoms. The molecule has 0 aromatic heterocycles. The van der Waals surface area contributed by atoms with Gasteiger partial charge in [-0.05, 0) is 50.1 Å². The summed E-state index contributed by atoms with van der Waals surface area (Å²) in [7, 11) is 0. The summed E-state index contributed by atoms with van der Waals surface area (Å²) in [5.74, 6) is -1.21. The molecule has 29 heavy (non-hydrogen) atoms. The predicted molar refractivity (Wildman–Crippen MR) is 114 cm³/mol. The Morgan fingerprint density at radius 2 is 1.66 bits per heavy atom. The van der Waals surface area contributed by atoms with Crippen molar-refractivity contribution < 1.29 is 19.1 Å². The molecular weight excluding hydrogens is 415 g/mol. The summed E-state index contributed by atoms with van der Waals surface area (Å²) in [6.45, 7) is 3.48. The molecule has 0 saturated heterocycles. The van der Waals surface area contributed by atoms with Gasteiger partial charge in [-0.25, -0.2) is 0 Å². The van der Waals surface area contributed by atoms with E-state index in [1.54, 1.807) is 24.3 Å². The lowest BCUT2D eigenvalue weighted by Crippen LogP contribution is -2.21. The first-order valence-electron chi connectivity index (χ1n) is 9.02. The largest absolute Gasteiger partial charge is 0.456 e. The van der Waals surface area contributed by atoms with E-state index in [4.69, 9.17) is 27.9 Å². The van der Waals surface area contributed by atoms with E-state index in [0.29, 0.717) is 27.8 Å². The Morgan fingerprint density at radius 1 is 0.897 bits per heavy atom. The minimum Gasteiger partial charge on any atom is -0.456 e. The fraction of sp³-hybridized carbons (Fsp3) is 0.286. The van der Waals surface area contributed by atoms with Crippen LogP contribution in [0.4, 0.5) is 11.4 Å². The fourth-order valence-electron chi connectivity index (χ4n) is 2.55. The SMILES string of the molecule is Cc1ccc(NC(=O)COC(=O)CCCC(=O)Nc2ccc(Cl)c(Cl)c2)c(C)c1. The highest BCUT2D eigenvalue weighted by Gasteiger charge is 2.11. The Labute approximate surface area is 179 Å². The number of rotatable bonds is 8. The number of halogens is 2. The lowest BCUT2D eigenvalue weighted by atomic mass is 10.1. The molecule has 2 N–H and O–H groups in total. The highest BCUT2D eigenvalue weighted by Crippen LogP contribution is 2.25. The molecule has 0 aliphatic heterocycles. The smallest absolute Gasteiger partial charge is 0.306 e. The Kier molecular flexibility index (Phi) is 8.49. The van der Waals surface area contributed by atoms with Gasteiger partial charge >= 0.3 is 5.97 Å². The van der Waals surface area contributed by atoms with E-state index in [9.17, 15) is 14.4 Å². The number of amides is 2. The molecule has 6 nitrogen and oxygen atoms in total. The molecule has 0 saturated carbocycles. The second kappa shape index (κ2) is 10.8. The lowest BCUT2D eigenvalue weighted by molar-refractivity contribution is -0.147. The number of aryl methyl sites for hydroxylation is 2. The number of anilines is 2. The number of ether oxygens (including phenoxy) is 1. The maximum absolute atomic E-state index is 11.9. The average Bonchev–Trinajstić information content (AvgIpc) is 2.65. The van der Waals surface area contributed by atoms with Crippen LogP contribution in [-0.4, -0.2) is 24.4 Å². The molecule has 8 heteroatoms. The minimum atomic E-state index is -0.539. The number of hydrogen-bond donors (Lipinski definition) is 2. The molecule has 0 aliphatic carbocycles. The molecular formula is C21H22Cl2N2O4. The molecule has 0 atom stereocenters. The molecule has 0 radical (unpaired) electrons. The van der Waals surface area contributed by atoms with Crippen LogP contribution in [-0.2, 0) is 19.1 Å². The number of nitrogens with one attached hydrogen (secondary N) is 2. The first-order valence-corrected chi connectivity index (χ1v) is 9.78. The minimum absolute atomic E-state index is 0.0334. The van der Waals surface area contributed by atoms with Crippen LogP contribution in [0.3, 0.4) is 0 Å². The molecule has 2 amide bonds. The molecule has 2 aromatic carbocycles. The number of carbonyl (C=O) groups excluding carboxylic acids is 3. The highest BCUT2D eigenvalue weighted by atomic mass is 35.5. The maximum atomic E-state index is 11.9. The van der Waals surface area contributed by atoms with Crippen molar-refractivity contribution in [1.82, 2.24) is 0 Å². The van der Waals surface area contributed by atoms with Crippen LogP contribution in [0.15, 0.2) is 36.4 Å². The average molecular weight is 437 g/mol. The predicted octanol–water partition coefficient (Wildman–Crippen LogP) is 4.90. The lowest BCUT2D eigenvalue weighted by Gasteiger charge is -2.10. The van der Waals surface area contributed by atoms with E-state index in [-0.39, 0.29) is 25.4 Å². The first-order chi connectivity index (χ1) is 13.7. The number of esters is 1. The van der Waals surface area contributed by atoms with Crippen LogP contribution in [0.1, 0.15) is 30.4 Å². The van der Waals surface area contributed by atoms with E-state index in [1.165, 1.54) is 0 Å². The van der Waals surface area contributed by atoms with Crippen LogP contribution in [0.5, 0.6) is 0 Å². The second-order valence-electron chi connectivity index (χ2n) is 6.56. The number of benzene rings is 2. The van der Waals surface area contributed by atoms with Gasteiger partial charge < -0.3 is 15.4 Å². The van der Waals surface area contributed by atoms with Gasteiger partial charge in [0, 0.05) is 24.2 Å². The zero-order chi connectivity index (χ0) is 21.4. The third-order valence-electron chi connectivity index (χ3n) is 4.01. The van der Waals surface area contributed by atoms with Crippen molar-refractivity contribution in [3.05, 3.63) is 57.6 Å². The van der Waals surface area contributed by atoms with Crippen molar-refractivity contribution in [1.29, 1.82) is 0 Å². The molecule has 0 aliphatic rings. The zero-order valence-electron chi connectivity index (χ0n) is 16.2. The van der Waals surface area contributed by atoms with Crippen LogP contribution >= 0.6 is 23.2 Å². The van der Waals surface area contributed by atoms with E-state index in [2.05, 4.69) is 10.6 Å². The second-order valence-corrected chi connectivity index (χ2v) is 7.37. The highest BCUT2D eigenvalue weighted by molar-refractivity contribution is 6.42. The molecule has 2 aromatic rings. The van der Waals surface area contributed by atoms with Crippen LogP contribution in [0.2, 0.25) is 10.0 Å². The quantitative estimate of drug-likeness (QED) is 0.576. The molecule has 2 rings (SSSR count). The summed E-state index contributed by atoms with van der Waals surface area (Å²) in [5.41, 5.74) is 3.22. The summed E-state index contributed by atoms with van der Waals surface area (Å²) in [6, 6.07) is 10.4. The molecule has 0 unspecified atom stereocenters. The third-order valence-corrected chi connectivity index (χ3v) is 4.75. The van der Waals surface area contributed by atoms with E-state index in [0.717, 1.165) is 11.1 Å². The van der Waals surface area contributed by atoms with Crippen molar-refractivity contribution >= 4 is 52.4 Å². The fourth-order valence-corrected chi connectivity index (χ4v) is 2.85. The first kappa shape index (κ1) is 22.7. The summed E-state index contributed by atoms with van der Waals surface area (Å²) in [5, 5.41) is 6.11. The van der Waals surface area contributed by atoms with Gasteiger partial charge in [-0.15, -0.1) is 0 Å². The standard InChI is InChI=1S/C21H22Cl2N2O4/c1-13-6-9-18(14(2)10-13)25-20(27)12-29-21(28)5-3-4-19(26)24-15-7-8-16(22)17(23)11-15/h6-11H,3-5,12H2,1-2H3,(H,24,26)(H,25,27). The van der Waals surface area contributed by atoms with Crippen molar-refractivity contribution in [3.63, 3.8) is 0 Å². The van der Waals surface area contributed by atoms with Gasteiger partial charge in [-0.1, -0.05) is 40.9 Å².